The molecule has 148 valence electrons. The van der Waals surface area contributed by atoms with Crippen molar-refractivity contribution in [2.24, 2.45) is 0 Å². The molecular weight excluding hydrogens is 391 g/mol. The minimum absolute atomic E-state index is 0.178. The van der Waals surface area contributed by atoms with Gasteiger partial charge in [-0.2, -0.15) is 9.78 Å². The van der Waals surface area contributed by atoms with Crippen molar-refractivity contribution < 1.29 is 13.9 Å². The first kappa shape index (κ1) is 19.1. The molecular formula is C21H19FN4O2S. The highest BCUT2D eigenvalue weighted by Gasteiger charge is 2.16. The highest BCUT2D eigenvalue weighted by molar-refractivity contribution is 7.20. The quantitative estimate of drug-likeness (QED) is 0.508. The van der Waals surface area contributed by atoms with Crippen molar-refractivity contribution in [3.05, 3.63) is 65.6 Å². The van der Waals surface area contributed by atoms with Gasteiger partial charge in [0.15, 0.2) is 0 Å². The molecule has 2 heterocycles. The van der Waals surface area contributed by atoms with Crippen molar-refractivity contribution in [1.29, 1.82) is 0 Å². The Morgan fingerprint density at radius 3 is 2.76 bits per heavy atom. The minimum atomic E-state index is -0.380. The van der Waals surface area contributed by atoms with Crippen LogP contribution >= 0.6 is 11.3 Å². The smallest absolute Gasteiger partial charge is 0.229 e. The lowest BCUT2D eigenvalue weighted by Crippen LogP contribution is -2.17. The summed E-state index contributed by atoms with van der Waals surface area (Å²) in [7, 11) is 0. The fourth-order valence-electron chi connectivity index (χ4n) is 2.97. The molecule has 0 saturated carbocycles. The molecule has 8 heteroatoms. The Kier molecular flexibility index (Phi) is 5.26. The van der Waals surface area contributed by atoms with E-state index >= 15 is 0 Å². The molecule has 2 aromatic heterocycles. The summed E-state index contributed by atoms with van der Waals surface area (Å²) >= 11 is 1.31. The lowest BCUT2D eigenvalue weighted by atomic mass is 10.1. The van der Waals surface area contributed by atoms with Crippen LogP contribution in [0.4, 0.5) is 10.2 Å². The number of ether oxygens (including phenoxy) is 1. The zero-order chi connectivity index (χ0) is 20.4. The normalized spacial score (nSPS) is 11.0. The van der Waals surface area contributed by atoms with Crippen LogP contribution in [-0.4, -0.2) is 27.3 Å². The molecule has 1 N–H and O–H groups in total. The van der Waals surface area contributed by atoms with Gasteiger partial charge in [-0.05, 0) is 43.7 Å². The molecule has 0 bridgehead atoms. The second-order valence-electron chi connectivity index (χ2n) is 6.47. The zero-order valence-corrected chi connectivity index (χ0v) is 16.8. The number of thiazole rings is 1. The van der Waals surface area contributed by atoms with Gasteiger partial charge < -0.3 is 10.1 Å². The number of amides is 1. The number of anilines is 1. The Bertz CT molecular complexity index is 1170. The molecule has 0 fully saturated rings. The molecule has 0 aliphatic heterocycles. The molecule has 0 aliphatic carbocycles. The molecule has 29 heavy (non-hydrogen) atoms. The van der Waals surface area contributed by atoms with E-state index in [4.69, 9.17) is 4.74 Å². The van der Waals surface area contributed by atoms with Gasteiger partial charge in [-0.1, -0.05) is 29.5 Å². The summed E-state index contributed by atoms with van der Waals surface area (Å²) in [4.78, 5) is 16.9. The average molecular weight is 410 g/mol. The maximum absolute atomic E-state index is 14.0. The molecule has 0 aliphatic rings. The van der Waals surface area contributed by atoms with E-state index in [-0.39, 0.29) is 18.1 Å². The predicted molar refractivity (Wildman–Crippen MR) is 111 cm³/mol. The van der Waals surface area contributed by atoms with Crippen LogP contribution in [0.2, 0.25) is 0 Å². The van der Waals surface area contributed by atoms with E-state index in [9.17, 15) is 9.18 Å². The van der Waals surface area contributed by atoms with Gasteiger partial charge in [-0.15, -0.1) is 0 Å². The lowest BCUT2D eigenvalue weighted by Gasteiger charge is -2.07. The largest absolute Gasteiger partial charge is 0.494 e. The number of para-hydroxylation sites is 1. The maximum atomic E-state index is 14.0. The highest BCUT2D eigenvalue weighted by atomic mass is 32.1. The first-order chi connectivity index (χ1) is 14.0. The van der Waals surface area contributed by atoms with Crippen LogP contribution in [-0.2, 0) is 11.2 Å². The number of nitrogens with zero attached hydrogens (tertiary/aromatic N) is 3. The molecule has 6 nitrogen and oxygen atoms in total. The number of aromatic nitrogens is 3. The molecule has 4 aromatic rings. The average Bonchev–Trinajstić information content (AvgIpc) is 3.27. The number of nitrogens with one attached hydrogen (secondary N) is 1. The fraction of sp³-hybridized carbons (Fsp3) is 0.190. The third kappa shape index (κ3) is 4.12. The van der Waals surface area contributed by atoms with Crippen molar-refractivity contribution in [3.8, 4) is 10.9 Å². The number of halogens is 1. The van der Waals surface area contributed by atoms with Crippen LogP contribution in [0.1, 0.15) is 18.2 Å². The standard InChI is InChI=1S/C21H19FN4O2S/c1-3-28-15-9-7-14(8-10-15)12-19(27)23-18-11-13(2)25-26(18)21-24-20-16(22)5-4-6-17(20)29-21/h4-11H,3,12H2,1-2H3,(H,23,27). The summed E-state index contributed by atoms with van der Waals surface area (Å²) in [5.74, 6) is 0.712. The van der Waals surface area contributed by atoms with Crippen LogP contribution in [0.5, 0.6) is 5.75 Å². The topological polar surface area (TPSA) is 69.0 Å². The number of rotatable bonds is 6. The second kappa shape index (κ2) is 8.00. The second-order valence-corrected chi connectivity index (χ2v) is 7.48. The SMILES string of the molecule is CCOc1ccc(CC(=O)Nc2cc(C)nn2-c2nc3c(F)cccc3s2)cc1. The summed E-state index contributed by atoms with van der Waals surface area (Å²) in [6.45, 7) is 4.34. The number of carbonyl (C=O) groups is 1. The number of carbonyl (C=O) groups excluding carboxylic acids is 1. The van der Waals surface area contributed by atoms with Gasteiger partial charge in [0.25, 0.3) is 0 Å². The number of fused-ring (bicyclic) bond motifs is 1. The summed E-state index contributed by atoms with van der Waals surface area (Å²) in [5, 5.41) is 7.78. The number of hydrogen-bond donors (Lipinski definition) is 1. The number of hydrogen-bond acceptors (Lipinski definition) is 5. The molecule has 0 spiro atoms. The minimum Gasteiger partial charge on any atom is -0.494 e. The third-order valence-electron chi connectivity index (χ3n) is 4.24. The summed E-state index contributed by atoms with van der Waals surface area (Å²) in [5.41, 5.74) is 1.89. The monoisotopic (exact) mass is 410 g/mol. The van der Waals surface area contributed by atoms with Gasteiger partial charge in [0.2, 0.25) is 11.0 Å². The Morgan fingerprint density at radius 1 is 1.24 bits per heavy atom. The summed E-state index contributed by atoms with van der Waals surface area (Å²) < 4.78 is 21.7. The molecule has 4 rings (SSSR count). The van der Waals surface area contributed by atoms with Gasteiger partial charge in [0.1, 0.15) is 22.9 Å². The predicted octanol–water partition coefficient (Wildman–Crippen LogP) is 4.51. The Balaban J connectivity index is 1.54. The van der Waals surface area contributed by atoms with Gasteiger partial charge in [0, 0.05) is 6.07 Å². The Labute approximate surface area is 171 Å². The van der Waals surface area contributed by atoms with E-state index in [1.165, 1.54) is 22.1 Å². The third-order valence-corrected chi connectivity index (χ3v) is 5.23. The Hall–Kier alpha value is -3.26. The zero-order valence-electron chi connectivity index (χ0n) is 16.0. The van der Waals surface area contributed by atoms with Gasteiger partial charge >= 0.3 is 0 Å². The Morgan fingerprint density at radius 2 is 2.03 bits per heavy atom. The van der Waals surface area contributed by atoms with Crippen LogP contribution in [0.25, 0.3) is 15.3 Å². The van der Waals surface area contributed by atoms with Crippen molar-refractivity contribution >= 4 is 33.3 Å². The molecule has 0 radical (unpaired) electrons. The lowest BCUT2D eigenvalue weighted by molar-refractivity contribution is -0.115. The van der Waals surface area contributed by atoms with E-state index < -0.39 is 0 Å². The molecule has 1 amide bonds. The van der Waals surface area contributed by atoms with E-state index in [1.807, 2.05) is 38.1 Å². The van der Waals surface area contributed by atoms with Gasteiger partial charge in [-0.25, -0.2) is 9.37 Å². The van der Waals surface area contributed by atoms with Gasteiger partial charge in [0.05, 0.1) is 23.4 Å². The van der Waals surface area contributed by atoms with Crippen LogP contribution < -0.4 is 10.1 Å². The van der Waals surface area contributed by atoms with Crippen molar-refractivity contribution in [1.82, 2.24) is 14.8 Å². The summed E-state index contributed by atoms with van der Waals surface area (Å²) in [6.07, 6.45) is 0.213. The number of aryl methyl sites for hydroxylation is 1. The first-order valence-electron chi connectivity index (χ1n) is 9.17. The van der Waals surface area contributed by atoms with Crippen molar-refractivity contribution in [2.75, 3.05) is 11.9 Å². The molecule has 0 saturated heterocycles. The van der Waals surface area contributed by atoms with Crippen LogP contribution in [0.3, 0.4) is 0 Å². The van der Waals surface area contributed by atoms with Gasteiger partial charge in [-0.3, -0.25) is 4.79 Å². The maximum Gasteiger partial charge on any atom is 0.229 e. The number of benzene rings is 2. The fourth-order valence-corrected chi connectivity index (χ4v) is 3.92. The van der Waals surface area contributed by atoms with Crippen LogP contribution in [0.15, 0.2) is 48.5 Å². The highest BCUT2D eigenvalue weighted by Crippen LogP contribution is 2.28. The van der Waals surface area contributed by atoms with E-state index in [1.54, 1.807) is 18.2 Å². The molecule has 0 unspecified atom stereocenters. The van der Waals surface area contributed by atoms with E-state index in [0.29, 0.717) is 23.1 Å². The van der Waals surface area contributed by atoms with Crippen LogP contribution in [0, 0.1) is 12.7 Å². The van der Waals surface area contributed by atoms with Crippen molar-refractivity contribution in [3.63, 3.8) is 0 Å². The summed E-state index contributed by atoms with van der Waals surface area (Å²) in [6, 6.07) is 14.0. The van der Waals surface area contributed by atoms with E-state index in [2.05, 4.69) is 15.4 Å². The molecule has 0 atom stereocenters. The van der Waals surface area contributed by atoms with Crippen molar-refractivity contribution in [2.45, 2.75) is 20.3 Å². The molecule has 2 aromatic carbocycles. The van der Waals surface area contributed by atoms with E-state index in [0.717, 1.165) is 21.7 Å². The first-order valence-corrected chi connectivity index (χ1v) is 9.99.